The molecule has 0 spiro atoms. The van der Waals surface area contributed by atoms with Crippen molar-refractivity contribution < 1.29 is 31.9 Å². The van der Waals surface area contributed by atoms with Crippen molar-refractivity contribution in [3.8, 4) is 11.3 Å². The third kappa shape index (κ3) is 6.39. The van der Waals surface area contributed by atoms with E-state index in [-0.39, 0.29) is 25.1 Å². The average Bonchev–Trinajstić information content (AvgIpc) is 3.12. The van der Waals surface area contributed by atoms with Crippen molar-refractivity contribution in [1.82, 2.24) is 25.2 Å². The molecule has 1 aliphatic heterocycles. The Hall–Kier alpha value is -3.31. The summed E-state index contributed by atoms with van der Waals surface area (Å²) in [5, 5.41) is 2.68. The fourth-order valence-electron chi connectivity index (χ4n) is 3.46. The van der Waals surface area contributed by atoms with Crippen molar-refractivity contribution in [2.24, 2.45) is 0 Å². The number of alkyl halides is 4. The molecular weight excluding hydrogens is 458 g/mol. The van der Waals surface area contributed by atoms with Crippen molar-refractivity contribution in [3.63, 3.8) is 0 Å². The lowest BCUT2D eigenvalue weighted by Gasteiger charge is -2.27. The highest BCUT2D eigenvalue weighted by molar-refractivity contribution is 5.86. The number of hydrogen-bond donors (Lipinski definition) is 1. The van der Waals surface area contributed by atoms with Crippen LogP contribution in [0.15, 0.2) is 24.5 Å². The minimum Gasteiger partial charge on any atom is -0.444 e. The van der Waals surface area contributed by atoms with Gasteiger partial charge in [-0.3, -0.25) is 14.7 Å². The van der Waals surface area contributed by atoms with Gasteiger partial charge in [-0.15, -0.1) is 0 Å². The summed E-state index contributed by atoms with van der Waals surface area (Å²) in [5.74, 6) is -1.80. The quantitative estimate of drug-likeness (QED) is 0.664. The fourth-order valence-corrected chi connectivity index (χ4v) is 3.46. The molecule has 0 aliphatic carbocycles. The van der Waals surface area contributed by atoms with Crippen LogP contribution in [0.3, 0.4) is 0 Å². The standard InChI is InChI=1S/C22H25F4N5O3/c1-12-5-13(6-16(30-12)14-9-28-19(29-10-14)22(24,25)26)8-27-18(32)17-7-15(23)11-31(17)20(33)34-21(2,3)4/h5-6,9-10,15,17H,7-8,11H2,1-4H3,(H,27,32)/t15-,17+/m1/s1. The summed E-state index contributed by atoms with van der Waals surface area (Å²) >= 11 is 0. The van der Waals surface area contributed by atoms with Crippen LogP contribution < -0.4 is 5.32 Å². The molecule has 184 valence electrons. The van der Waals surface area contributed by atoms with Gasteiger partial charge in [0, 0.05) is 36.6 Å². The summed E-state index contributed by atoms with van der Waals surface area (Å²) in [4.78, 5) is 37.2. The molecule has 8 nitrogen and oxygen atoms in total. The summed E-state index contributed by atoms with van der Waals surface area (Å²) in [6.45, 7) is 6.51. The first-order chi connectivity index (χ1) is 15.7. The zero-order valence-electron chi connectivity index (χ0n) is 19.1. The molecule has 1 aliphatic rings. The Labute approximate surface area is 193 Å². The van der Waals surface area contributed by atoms with Gasteiger partial charge in [-0.25, -0.2) is 19.2 Å². The molecule has 2 atom stereocenters. The zero-order chi connectivity index (χ0) is 25.3. The molecule has 2 aromatic heterocycles. The van der Waals surface area contributed by atoms with Crippen LogP contribution in [0.25, 0.3) is 11.3 Å². The third-order valence-corrected chi connectivity index (χ3v) is 4.86. The van der Waals surface area contributed by atoms with Crippen LogP contribution in [-0.4, -0.2) is 56.2 Å². The third-order valence-electron chi connectivity index (χ3n) is 4.86. The number of nitrogens with zero attached hydrogens (tertiary/aromatic N) is 4. The van der Waals surface area contributed by atoms with Crippen molar-refractivity contribution >= 4 is 12.0 Å². The number of ether oxygens (including phenoxy) is 1. The molecule has 34 heavy (non-hydrogen) atoms. The largest absolute Gasteiger partial charge is 0.451 e. The van der Waals surface area contributed by atoms with Gasteiger partial charge < -0.3 is 10.1 Å². The van der Waals surface area contributed by atoms with Crippen molar-refractivity contribution in [2.45, 2.75) is 64.7 Å². The van der Waals surface area contributed by atoms with Gasteiger partial charge in [0.25, 0.3) is 0 Å². The first-order valence-electron chi connectivity index (χ1n) is 10.5. The number of halogens is 4. The zero-order valence-corrected chi connectivity index (χ0v) is 19.1. The van der Waals surface area contributed by atoms with Crippen LogP contribution in [0.4, 0.5) is 22.4 Å². The number of amides is 2. The molecule has 3 rings (SSSR count). The molecule has 1 N–H and O–H groups in total. The molecule has 0 unspecified atom stereocenters. The van der Waals surface area contributed by atoms with Crippen LogP contribution in [0.1, 0.15) is 44.3 Å². The van der Waals surface area contributed by atoms with Gasteiger partial charge in [-0.1, -0.05) is 0 Å². The molecule has 0 saturated carbocycles. The second-order valence-electron chi connectivity index (χ2n) is 8.99. The van der Waals surface area contributed by atoms with Crippen LogP contribution in [-0.2, 0) is 22.3 Å². The predicted molar refractivity (Wildman–Crippen MR) is 113 cm³/mol. The highest BCUT2D eigenvalue weighted by atomic mass is 19.4. The van der Waals surface area contributed by atoms with Gasteiger partial charge in [0.05, 0.1) is 12.2 Å². The number of carbonyl (C=O) groups excluding carboxylic acids is 2. The predicted octanol–water partition coefficient (Wildman–Crippen LogP) is 3.83. The van der Waals surface area contributed by atoms with E-state index < -0.39 is 41.8 Å². The monoisotopic (exact) mass is 483 g/mol. The second-order valence-corrected chi connectivity index (χ2v) is 8.99. The minimum absolute atomic E-state index is 0.0340. The molecule has 1 saturated heterocycles. The molecule has 0 radical (unpaired) electrons. The number of nitrogens with one attached hydrogen (secondary N) is 1. The number of aromatic nitrogens is 3. The number of hydrogen-bond acceptors (Lipinski definition) is 6. The maximum absolute atomic E-state index is 14.0. The van der Waals surface area contributed by atoms with E-state index in [1.54, 1.807) is 39.8 Å². The topological polar surface area (TPSA) is 97.3 Å². The minimum atomic E-state index is -4.65. The maximum atomic E-state index is 14.0. The molecule has 3 heterocycles. The van der Waals surface area contributed by atoms with E-state index in [1.807, 2.05) is 0 Å². The normalized spacial score (nSPS) is 18.6. The lowest BCUT2D eigenvalue weighted by Crippen LogP contribution is -2.47. The number of aryl methyl sites for hydroxylation is 1. The summed E-state index contributed by atoms with van der Waals surface area (Å²) in [6.07, 6.45) is -4.86. The SMILES string of the molecule is Cc1cc(CNC(=O)[C@@H]2C[C@@H](F)CN2C(=O)OC(C)(C)C)cc(-c2cnc(C(F)(F)F)nc2)n1. The average molecular weight is 483 g/mol. The highest BCUT2D eigenvalue weighted by Crippen LogP contribution is 2.27. The number of carbonyl (C=O) groups is 2. The van der Waals surface area contributed by atoms with Crippen molar-refractivity contribution in [3.05, 3.63) is 41.6 Å². The lowest BCUT2D eigenvalue weighted by molar-refractivity contribution is -0.145. The molecule has 12 heteroatoms. The summed E-state index contributed by atoms with van der Waals surface area (Å²) in [6, 6.07) is 2.25. The van der Waals surface area contributed by atoms with Crippen LogP contribution in [0.2, 0.25) is 0 Å². The second kappa shape index (κ2) is 9.51. The van der Waals surface area contributed by atoms with Gasteiger partial charge in [0.15, 0.2) is 0 Å². The van der Waals surface area contributed by atoms with E-state index >= 15 is 0 Å². The Bertz CT molecular complexity index is 1050. The van der Waals surface area contributed by atoms with Gasteiger partial charge in [0.1, 0.15) is 17.8 Å². The van der Waals surface area contributed by atoms with E-state index in [4.69, 9.17) is 4.74 Å². The summed E-state index contributed by atoms with van der Waals surface area (Å²) in [5.41, 5.74) is 0.977. The first kappa shape index (κ1) is 25.3. The Morgan fingerprint density at radius 1 is 1.18 bits per heavy atom. The van der Waals surface area contributed by atoms with Gasteiger partial charge in [-0.05, 0) is 45.4 Å². The molecule has 2 amide bonds. The number of likely N-dealkylation sites (tertiary alicyclic amines) is 1. The molecule has 2 aromatic rings. The Balaban J connectivity index is 1.71. The van der Waals surface area contributed by atoms with Crippen molar-refractivity contribution in [2.75, 3.05) is 6.54 Å². The Morgan fingerprint density at radius 3 is 2.41 bits per heavy atom. The molecule has 0 aromatic carbocycles. The molecule has 1 fully saturated rings. The van der Waals surface area contributed by atoms with E-state index in [9.17, 15) is 27.2 Å². The Kier molecular flexibility index (Phi) is 7.08. The van der Waals surface area contributed by atoms with E-state index in [0.717, 1.165) is 17.3 Å². The summed E-state index contributed by atoms with van der Waals surface area (Å²) < 4.78 is 57.4. The van der Waals surface area contributed by atoms with Crippen LogP contribution in [0, 0.1) is 6.92 Å². The summed E-state index contributed by atoms with van der Waals surface area (Å²) in [7, 11) is 0. The molecular formula is C22H25F4N5O3. The number of pyridine rings is 1. The molecule has 0 bridgehead atoms. The van der Waals surface area contributed by atoms with Gasteiger partial charge >= 0.3 is 12.3 Å². The Morgan fingerprint density at radius 2 is 1.82 bits per heavy atom. The first-order valence-corrected chi connectivity index (χ1v) is 10.5. The van der Waals surface area contributed by atoms with Gasteiger partial charge in [0.2, 0.25) is 11.7 Å². The number of rotatable bonds is 4. The smallest absolute Gasteiger partial charge is 0.444 e. The van der Waals surface area contributed by atoms with E-state index in [2.05, 4.69) is 20.3 Å². The van der Waals surface area contributed by atoms with Crippen molar-refractivity contribution in [1.29, 1.82) is 0 Å². The fraction of sp³-hybridized carbons (Fsp3) is 0.500. The van der Waals surface area contributed by atoms with E-state index in [1.165, 1.54) is 0 Å². The van der Waals surface area contributed by atoms with E-state index in [0.29, 0.717) is 17.0 Å². The highest BCUT2D eigenvalue weighted by Gasteiger charge is 2.41. The maximum Gasteiger partial charge on any atom is 0.451 e. The van der Waals surface area contributed by atoms with Crippen LogP contribution in [0.5, 0.6) is 0 Å². The van der Waals surface area contributed by atoms with Gasteiger partial charge in [-0.2, -0.15) is 13.2 Å². The lowest BCUT2D eigenvalue weighted by atomic mass is 10.1. The van der Waals surface area contributed by atoms with Crippen LogP contribution >= 0.6 is 0 Å².